The Hall–Kier alpha value is -0.910. The number of amides is 1. The van der Waals surface area contributed by atoms with Crippen LogP contribution < -0.4 is 5.73 Å². The molecule has 2 N–H and O–H groups in total. The molecule has 4 nitrogen and oxygen atoms in total. The lowest BCUT2D eigenvalue weighted by atomic mass is 9.91. The molecule has 0 saturated carbocycles. The Morgan fingerprint density at radius 2 is 2.00 bits per heavy atom. The van der Waals surface area contributed by atoms with E-state index in [2.05, 4.69) is 0 Å². The van der Waals surface area contributed by atoms with Crippen LogP contribution in [-0.4, -0.2) is 35.7 Å². The molecule has 2 heterocycles. The minimum Gasteiger partial charge on any atom is -0.338 e. The molecule has 1 fully saturated rings. The average molecular weight is 317 g/mol. The van der Waals surface area contributed by atoms with Crippen molar-refractivity contribution in [1.29, 1.82) is 0 Å². The predicted molar refractivity (Wildman–Crippen MR) is 83.8 cm³/mol. The van der Waals surface area contributed by atoms with Gasteiger partial charge in [0.1, 0.15) is 0 Å². The summed E-state index contributed by atoms with van der Waals surface area (Å²) in [6.45, 7) is 5.07. The zero-order valence-corrected chi connectivity index (χ0v) is 13.4. The highest BCUT2D eigenvalue weighted by Gasteiger charge is 2.26. The van der Waals surface area contributed by atoms with Gasteiger partial charge in [0.15, 0.2) is 5.78 Å². The number of hydrogen-bond acceptors (Lipinski definition) is 4. The van der Waals surface area contributed by atoms with Crippen LogP contribution in [0.15, 0.2) is 11.4 Å². The molecule has 0 aromatic carbocycles. The Morgan fingerprint density at radius 1 is 1.40 bits per heavy atom. The Kier molecular flexibility index (Phi) is 6.17. The van der Waals surface area contributed by atoms with E-state index in [-0.39, 0.29) is 30.1 Å². The Morgan fingerprint density at radius 3 is 2.45 bits per heavy atom. The monoisotopic (exact) mass is 316 g/mol. The van der Waals surface area contributed by atoms with E-state index in [4.69, 9.17) is 5.73 Å². The van der Waals surface area contributed by atoms with Crippen molar-refractivity contribution in [3.8, 4) is 0 Å². The summed E-state index contributed by atoms with van der Waals surface area (Å²) in [6, 6.07) is 1.90. The first-order chi connectivity index (χ1) is 8.99. The zero-order valence-electron chi connectivity index (χ0n) is 11.8. The van der Waals surface area contributed by atoms with E-state index in [1.807, 2.05) is 11.8 Å². The van der Waals surface area contributed by atoms with Crippen molar-refractivity contribution in [1.82, 2.24) is 4.90 Å². The molecule has 1 aromatic heterocycles. The Bertz CT molecular complexity index is 479. The van der Waals surface area contributed by atoms with Crippen LogP contribution in [0, 0.1) is 5.92 Å². The molecule has 1 unspecified atom stereocenters. The van der Waals surface area contributed by atoms with Crippen LogP contribution in [0.25, 0.3) is 0 Å². The molecule has 1 amide bonds. The van der Waals surface area contributed by atoms with Crippen molar-refractivity contribution in [3.63, 3.8) is 0 Å². The lowest BCUT2D eigenvalue weighted by Gasteiger charge is -2.33. The molecular weight excluding hydrogens is 296 g/mol. The molecule has 6 heteroatoms. The molecule has 1 saturated heterocycles. The van der Waals surface area contributed by atoms with Gasteiger partial charge in [-0.2, -0.15) is 0 Å². The molecule has 1 atom stereocenters. The number of hydrogen-bond donors (Lipinski definition) is 1. The molecule has 1 aliphatic heterocycles. The molecule has 20 heavy (non-hydrogen) atoms. The first-order valence-corrected chi connectivity index (χ1v) is 7.51. The van der Waals surface area contributed by atoms with Gasteiger partial charge in [-0.3, -0.25) is 9.59 Å². The predicted octanol–water partition coefficient (Wildman–Crippen LogP) is 2.57. The first kappa shape index (κ1) is 17.1. The number of likely N-dealkylation sites (tertiary alicyclic amines) is 1. The lowest BCUT2D eigenvalue weighted by Crippen LogP contribution is -2.42. The van der Waals surface area contributed by atoms with E-state index in [0.717, 1.165) is 25.9 Å². The number of piperidine rings is 1. The topological polar surface area (TPSA) is 63.4 Å². The fourth-order valence-corrected chi connectivity index (χ4v) is 3.33. The molecule has 0 radical (unpaired) electrons. The molecule has 0 bridgehead atoms. The summed E-state index contributed by atoms with van der Waals surface area (Å²) >= 11 is 1.35. The van der Waals surface area contributed by atoms with Gasteiger partial charge in [-0.05, 0) is 38.7 Å². The van der Waals surface area contributed by atoms with Crippen LogP contribution in [0.5, 0.6) is 0 Å². The molecule has 1 aromatic rings. The van der Waals surface area contributed by atoms with Crippen molar-refractivity contribution in [3.05, 3.63) is 21.9 Å². The summed E-state index contributed by atoms with van der Waals surface area (Å²) in [6.07, 6.45) is 1.93. The normalized spacial score (nSPS) is 17.4. The number of ketones is 1. The van der Waals surface area contributed by atoms with Crippen LogP contribution in [-0.2, 0) is 0 Å². The fraction of sp³-hybridized carbons (Fsp3) is 0.571. The maximum absolute atomic E-state index is 12.3. The van der Waals surface area contributed by atoms with Crippen molar-refractivity contribution < 1.29 is 9.59 Å². The van der Waals surface area contributed by atoms with Gasteiger partial charge in [0.25, 0.3) is 5.91 Å². The number of halogens is 1. The van der Waals surface area contributed by atoms with Gasteiger partial charge in [-0.25, -0.2) is 0 Å². The van der Waals surface area contributed by atoms with Crippen LogP contribution in [0.4, 0.5) is 0 Å². The average Bonchev–Trinajstić information content (AvgIpc) is 2.87. The quantitative estimate of drug-likeness (QED) is 0.872. The summed E-state index contributed by atoms with van der Waals surface area (Å²) in [5, 5.41) is 1.75. The van der Waals surface area contributed by atoms with E-state index in [1.165, 1.54) is 18.3 Å². The molecule has 0 spiro atoms. The third kappa shape index (κ3) is 3.81. The van der Waals surface area contributed by atoms with E-state index in [0.29, 0.717) is 16.4 Å². The van der Waals surface area contributed by atoms with Gasteiger partial charge in [-0.15, -0.1) is 23.7 Å². The third-order valence-electron chi connectivity index (χ3n) is 3.79. The summed E-state index contributed by atoms with van der Waals surface area (Å²) < 4.78 is 0. The van der Waals surface area contributed by atoms with E-state index >= 15 is 0 Å². The SMILES string of the molecule is CC(=O)c1csc(C(=O)N2CCC(C(C)N)CC2)c1.Cl. The minimum absolute atomic E-state index is 0. The first-order valence-electron chi connectivity index (χ1n) is 6.63. The van der Waals surface area contributed by atoms with Gasteiger partial charge in [0.2, 0.25) is 0 Å². The zero-order chi connectivity index (χ0) is 14.0. The molecule has 112 valence electrons. The van der Waals surface area contributed by atoms with Crippen molar-refractivity contribution in [2.75, 3.05) is 13.1 Å². The maximum atomic E-state index is 12.3. The number of rotatable bonds is 3. The van der Waals surface area contributed by atoms with Crippen LogP contribution in [0.2, 0.25) is 0 Å². The Balaban J connectivity index is 0.00000200. The molecule has 2 rings (SSSR count). The van der Waals surface area contributed by atoms with Crippen molar-refractivity contribution in [2.24, 2.45) is 11.7 Å². The summed E-state index contributed by atoms with van der Waals surface area (Å²) in [5.74, 6) is 0.562. The van der Waals surface area contributed by atoms with E-state index in [1.54, 1.807) is 11.4 Å². The number of nitrogens with two attached hydrogens (primary N) is 1. The van der Waals surface area contributed by atoms with E-state index < -0.39 is 0 Å². The molecule has 1 aliphatic rings. The second-order valence-electron chi connectivity index (χ2n) is 5.24. The second-order valence-corrected chi connectivity index (χ2v) is 6.16. The van der Waals surface area contributed by atoms with Crippen LogP contribution in [0.3, 0.4) is 0 Å². The number of nitrogens with zero attached hydrogens (tertiary/aromatic N) is 1. The number of carbonyl (C=O) groups excluding carboxylic acids is 2. The largest absolute Gasteiger partial charge is 0.338 e. The molecular formula is C14H21ClN2O2S. The van der Waals surface area contributed by atoms with Crippen molar-refractivity contribution in [2.45, 2.75) is 32.7 Å². The van der Waals surface area contributed by atoms with Crippen LogP contribution >= 0.6 is 23.7 Å². The van der Waals surface area contributed by atoms with Gasteiger partial charge in [0.05, 0.1) is 4.88 Å². The van der Waals surface area contributed by atoms with Gasteiger partial charge < -0.3 is 10.6 Å². The lowest BCUT2D eigenvalue weighted by molar-refractivity contribution is 0.0686. The highest BCUT2D eigenvalue weighted by Crippen LogP contribution is 2.23. The van der Waals surface area contributed by atoms with Gasteiger partial charge >= 0.3 is 0 Å². The Labute approximate surface area is 129 Å². The number of thiophene rings is 1. The number of Topliss-reactive ketones (excluding diaryl/α,β-unsaturated/α-hetero) is 1. The highest BCUT2D eigenvalue weighted by atomic mass is 35.5. The van der Waals surface area contributed by atoms with Crippen LogP contribution in [0.1, 0.15) is 46.7 Å². The maximum Gasteiger partial charge on any atom is 0.263 e. The van der Waals surface area contributed by atoms with Gasteiger partial charge in [0, 0.05) is 30.1 Å². The highest BCUT2D eigenvalue weighted by molar-refractivity contribution is 7.12. The fourth-order valence-electron chi connectivity index (χ4n) is 2.42. The minimum atomic E-state index is 0. The smallest absolute Gasteiger partial charge is 0.263 e. The summed E-state index contributed by atoms with van der Waals surface area (Å²) in [5.41, 5.74) is 6.52. The van der Waals surface area contributed by atoms with E-state index in [9.17, 15) is 9.59 Å². The number of carbonyl (C=O) groups is 2. The summed E-state index contributed by atoms with van der Waals surface area (Å²) in [4.78, 5) is 26.1. The standard InChI is InChI=1S/C14H20N2O2S.ClH/c1-9(15)11-3-5-16(6-4-11)14(18)13-7-12(8-19-13)10(2)17;/h7-9,11H,3-6,15H2,1-2H3;1H. The summed E-state index contributed by atoms with van der Waals surface area (Å²) in [7, 11) is 0. The molecule has 0 aliphatic carbocycles. The third-order valence-corrected chi connectivity index (χ3v) is 4.71. The van der Waals surface area contributed by atoms with Crippen molar-refractivity contribution >= 4 is 35.4 Å². The second kappa shape index (κ2) is 7.20. The van der Waals surface area contributed by atoms with Gasteiger partial charge in [-0.1, -0.05) is 0 Å².